The zero-order valence-corrected chi connectivity index (χ0v) is 6.10. The largest absolute Gasteiger partial charge is 0.289 e. The summed E-state index contributed by atoms with van der Waals surface area (Å²) < 4.78 is 0. The Bertz CT molecular complexity index is 122. The monoisotopic (exact) mass is 139 g/mol. The van der Waals surface area contributed by atoms with E-state index >= 15 is 0 Å². The molecule has 0 unspecified atom stereocenters. The normalized spacial score (nSPS) is 19.1. The molecule has 0 saturated heterocycles. The third kappa shape index (κ3) is 2.38. The molecular formula is C8H13NO. The molecule has 0 aromatic heterocycles. The fourth-order valence-electron chi connectivity index (χ4n) is 1.24. The molecular weight excluding hydrogens is 126 g/mol. The molecule has 1 aliphatic carbocycles. The van der Waals surface area contributed by atoms with E-state index in [1.165, 1.54) is 25.7 Å². The predicted octanol–water partition coefficient (Wildman–Crippen LogP) is 1.08. The van der Waals surface area contributed by atoms with Crippen LogP contribution < -0.4 is 5.48 Å². The van der Waals surface area contributed by atoms with E-state index in [2.05, 4.69) is 11.4 Å². The summed E-state index contributed by atoms with van der Waals surface area (Å²) in [7, 11) is 0. The first-order valence-corrected chi connectivity index (χ1v) is 3.74. The highest BCUT2D eigenvalue weighted by Gasteiger charge is 2.13. The van der Waals surface area contributed by atoms with Gasteiger partial charge in [0.25, 0.3) is 0 Å². The lowest BCUT2D eigenvalue weighted by atomic mass is 10.3. The van der Waals surface area contributed by atoms with Crippen molar-refractivity contribution in [3.8, 4) is 12.3 Å². The summed E-state index contributed by atoms with van der Waals surface area (Å²) in [6.45, 7) is 0.372. The third-order valence-corrected chi connectivity index (χ3v) is 1.76. The average molecular weight is 139 g/mol. The molecule has 1 saturated carbocycles. The Labute approximate surface area is 61.9 Å². The molecule has 0 aromatic carbocycles. The lowest BCUT2D eigenvalue weighted by Crippen LogP contribution is -2.26. The fraction of sp³-hybridized carbons (Fsp3) is 0.750. The maximum atomic E-state index is 5.00. The highest BCUT2D eigenvalue weighted by Crippen LogP contribution is 2.17. The second-order valence-electron chi connectivity index (χ2n) is 2.59. The quantitative estimate of drug-likeness (QED) is 0.359. The van der Waals surface area contributed by atoms with E-state index in [4.69, 9.17) is 11.3 Å². The summed E-state index contributed by atoms with van der Waals surface area (Å²) in [5.74, 6) is 2.41. The molecule has 0 heterocycles. The first kappa shape index (κ1) is 7.59. The Morgan fingerprint density at radius 3 is 2.80 bits per heavy atom. The fourth-order valence-corrected chi connectivity index (χ4v) is 1.24. The maximum Gasteiger partial charge on any atom is 0.128 e. The first-order valence-electron chi connectivity index (χ1n) is 3.74. The highest BCUT2D eigenvalue weighted by atomic mass is 16.6. The van der Waals surface area contributed by atoms with Gasteiger partial charge in [-0.1, -0.05) is 18.8 Å². The molecule has 1 N–H and O–H groups in total. The molecule has 0 aliphatic heterocycles. The Morgan fingerprint density at radius 1 is 1.50 bits per heavy atom. The number of hydrogen-bond donors (Lipinski definition) is 1. The van der Waals surface area contributed by atoms with Crippen LogP contribution in [0.2, 0.25) is 0 Å². The SMILES string of the molecule is C#CCONC1CCCC1. The standard InChI is InChI=1S/C8H13NO/c1-2-7-10-9-8-5-3-4-6-8/h1,8-9H,3-7H2. The number of hydrogen-bond acceptors (Lipinski definition) is 2. The summed E-state index contributed by atoms with van der Waals surface area (Å²) in [5.41, 5.74) is 2.94. The lowest BCUT2D eigenvalue weighted by Gasteiger charge is -2.08. The Balaban J connectivity index is 1.97. The molecule has 56 valence electrons. The van der Waals surface area contributed by atoms with Crippen LogP contribution in [0, 0.1) is 12.3 Å². The van der Waals surface area contributed by atoms with Gasteiger partial charge >= 0.3 is 0 Å². The second-order valence-corrected chi connectivity index (χ2v) is 2.59. The smallest absolute Gasteiger partial charge is 0.128 e. The van der Waals surface area contributed by atoms with Crippen molar-refractivity contribution >= 4 is 0 Å². The minimum absolute atomic E-state index is 0.372. The third-order valence-electron chi connectivity index (χ3n) is 1.76. The van der Waals surface area contributed by atoms with Gasteiger partial charge in [0.05, 0.1) is 0 Å². The van der Waals surface area contributed by atoms with Gasteiger partial charge in [0, 0.05) is 6.04 Å². The summed E-state index contributed by atoms with van der Waals surface area (Å²) in [4.78, 5) is 4.98. The van der Waals surface area contributed by atoms with Crippen LogP contribution in [0.15, 0.2) is 0 Å². The van der Waals surface area contributed by atoms with E-state index in [9.17, 15) is 0 Å². The minimum atomic E-state index is 0.372. The van der Waals surface area contributed by atoms with Crippen LogP contribution >= 0.6 is 0 Å². The Kier molecular flexibility index (Phi) is 3.28. The topological polar surface area (TPSA) is 21.3 Å². The Hall–Kier alpha value is -0.520. The van der Waals surface area contributed by atoms with E-state index in [1.807, 2.05) is 0 Å². The minimum Gasteiger partial charge on any atom is -0.289 e. The highest BCUT2D eigenvalue weighted by molar-refractivity contribution is 4.82. The van der Waals surface area contributed by atoms with Gasteiger partial charge in [-0.05, 0) is 12.8 Å². The van der Waals surface area contributed by atoms with Crippen molar-refractivity contribution in [2.24, 2.45) is 0 Å². The van der Waals surface area contributed by atoms with Gasteiger partial charge in [-0.2, -0.15) is 5.48 Å². The lowest BCUT2D eigenvalue weighted by molar-refractivity contribution is 0.0400. The summed E-state index contributed by atoms with van der Waals surface area (Å²) in [5, 5.41) is 0. The van der Waals surface area contributed by atoms with Crippen LogP contribution in [0.5, 0.6) is 0 Å². The Morgan fingerprint density at radius 2 is 2.20 bits per heavy atom. The van der Waals surface area contributed by atoms with Crippen molar-refractivity contribution in [2.75, 3.05) is 6.61 Å². The summed E-state index contributed by atoms with van der Waals surface area (Å²) in [6, 6.07) is 0.549. The molecule has 2 nitrogen and oxygen atoms in total. The maximum absolute atomic E-state index is 5.00. The van der Waals surface area contributed by atoms with Crippen LogP contribution in [0.1, 0.15) is 25.7 Å². The number of terminal acetylenes is 1. The van der Waals surface area contributed by atoms with Gasteiger partial charge in [0.1, 0.15) is 6.61 Å². The van der Waals surface area contributed by atoms with Gasteiger partial charge in [0.2, 0.25) is 0 Å². The van der Waals surface area contributed by atoms with Crippen molar-refractivity contribution in [2.45, 2.75) is 31.7 Å². The molecule has 0 amide bonds. The van der Waals surface area contributed by atoms with Crippen LogP contribution in [-0.4, -0.2) is 12.6 Å². The molecule has 0 atom stereocenters. The van der Waals surface area contributed by atoms with Crippen molar-refractivity contribution in [1.82, 2.24) is 5.48 Å². The van der Waals surface area contributed by atoms with E-state index < -0.39 is 0 Å². The molecule has 0 radical (unpaired) electrons. The van der Waals surface area contributed by atoms with Crippen LogP contribution in [0.25, 0.3) is 0 Å². The van der Waals surface area contributed by atoms with E-state index in [0.29, 0.717) is 12.6 Å². The number of hydroxylamine groups is 1. The second kappa shape index (κ2) is 4.32. The summed E-state index contributed by atoms with van der Waals surface area (Å²) in [6.07, 6.45) is 10.1. The van der Waals surface area contributed by atoms with Crippen LogP contribution in [-0.2, 0) is 4.84 Å². The van der Waals surface area contributed by atoms with Gasteiger partial charge < -0.3 is 0 Å². The van der Waals surface area contributed by atoms with Gasteiger partial charge in [-0.3, -0.25) is 4.84 Å². The molecule has 0 spiro atoms. The molecule has 2 heteroatoms. The zero-order chi connectivity index (χ0) is 7.23. The molecule has 0 aromatic rings. The first-order chi connectivity index (χ1) is 4.93. The molecule has 10 heavy (non-hydrogen) atoms. The molecule has 0 bridgehead atoms. The van der Waals surface area contributed by atoms with Gasteiger partial charge in [-0.25, -0.2) is 0 Å². The summed E-state index contributed by atoms with van der Waals surface area (Å²) >= 11 is 0. The zero-order valence-electron chi connectivity index (χ0n) is 6.10. The van der Waals surface area contributed by atoms with Crippen LogP contribution in [0.4, 0.5) is 0 Å². The van der Waals surface area contributed by atoms with Crippen molar-refractivity contribution in [3.05, 3.63) is 0 Å². The van der Waals surface area contributed by atoms with E-state index in [0.717, 1.165) is 0 Å². The molecule has 1 aliphatic rings. The van der Waals surface area contributed by atoms with Crippen molar-refractivity contribution in [1.29, 1.82) is 0 Å². The van der Waals surface area contributed by atoms with E-state index in [-0.39, 0.29) is 0 Å². The molecule has 1 fully saturated rings. The van der Waals surface area contributed by atoms with Gasteiger partial charge in [-0.15, -0.1) is 6.42 Å². The number of nitrogens with one attached hydrogen (secondary N) is 1. The van der Waals surface area contributed by atoms with Crippen LogP contribution in [0.3, 0.4) is 0 Å². The average Bonchev–Trinajstić information content (AvgIpc) is 2.41. The van der Waals surface area contributed by atoms with Crippen molar-refractivity contribution < 1.29 is 4.84 Å². The van der Waals surface area contributed by atoms with Crippen molar-refractivity contribution in [3.63, 3.8) is 0 Å². The number of rotatable bonds is 3. The van der Waals surface area contributed by atoms with Gasteiger partial charge in [0.15, 0.2) is 0 Å². The molecule has 1 rings (SSSR count). The van der Waals surface area contributed by atoms with E-state index in [1.54, 1.807) is 0 Å². The predicted molar refractivity (Wildman–Crippen MR) is 40.2 cm³/mol.